The van der Waals surface area contributed by atoms with Crippen molar-refractivity contribution in [3.8, 4) is 5.69 Å². The summed E-state index contributed by atoms with van der Waals surface area (Å²) in [6.45, 7) is 0. The predicted octanol–water partition coefficient (Wildman–Crippen LogP) is 9.74. The van der Waals surface area contributed by atoms with Gasteiger partial charge in [0, 0.05) is 38.0 Å². The minimum Gasteiger partial charge on any atom is -0.456 e. The van der Waals surface area contributed by atoms with E-state index < -0.39 is 0 Å². The Hall–Kier alpha value is -5.02. The average molecular weight is 474 g/mol. The van der Waals surface area contributed by atoms with Crippen molar-refractivity contribution in [1.29, 1.82) is 0 Å². The van der Waals surface area contributed by atoms with E-state index >= 15 is 0 Å². The zero-order valence-corrected chi connectivity index (χ0v) is 19.7. The molecule has 3 nitrogen and oxygen atoms in total. The summed E-state index contributed by atoms with van der Waals surface area (Å²) >= 11 is 0. The molecule has 0 N–H and O–H groups in total. The van der Waals surface area contributed by atoms with Crippen LogP contribution in [-0.2, 0) is 0 Å². The van der Waals surface area contributed by atoms with E-state index in [-0.39, 0.29) is 0 Å². The fraction of sp³-hybridized carbons (Fsp3) is 0. The van der Waals surface area contributed by atoms with Crippen LogP contribution in [0.25, 0.3) is 82.1 Å². The van der Waals surface area contributed by atoms with Gasteiger partial charge in [0.05, 0.1) is 11.0 Å². The van der Waals surface area contributed by atoms with Crippen molar-refractivity contribution in [3.63, 3.8) is 0 Å². The van der Waals surface area contributed by atoms with Gasteiger partial charge in [-0.25, -0.2) is 0 Å². The third-order valence-electron chi connectivity index (χ3n) is 7.77. The molecule has 0 amide bonds. The Morgan fingerprint density at radius 1 is 0.432 bits per heavy atom. The molecule has 3 heterocycles. The zero-order valence-electron chi connectivity index (χ0n) is 19.7. The first-order chi connectivity index (χ1) is 18.4. The molecule has 0 spiro atoms. The maximum atomic E-state index is 6.67. The lowest BCUT2D eigenvalue weighted by Crippen LogP contribution is -1.94. The number of fused-ring (bicyclic) bond motifs is 13. The zero-order chi connectivity index (χ0) is 24.1. The van der Waals surface area contributed by atoms with Gasteiger partial charge in [-0.2, -0.15) is 0 Å². The largest absolute Gasteiger partial charge is 0.456 e. The van der Waals surface area contributed by atoms with Gasteiger partial charge in [-0.3, -0.25) is 0 Å². The van der Waals surface area contributed by atoms with E-state index in [2.05, 4.69) is 102 Å². The first kappa shape index (κ1) is 19.2. The Kier molecular flexibility index (Phi) is 3.53. The Bertz CT molecular complexity index is 2360. The fourth-order valence-electron chi connectivity index (χ4n) is 6.25. The topological polar surface area (TPSA) is 31.2 Å². The van der Waals surface area contributed by atoms with E-state index in [1.807, 2.05) is 18.2 Å². The molecule has 0 radical (unpaired) electrons. The van der Waals surface area contributed by atoms with Crippen LogP contribution in [0.3, 0.4) is 0 Å². The second-order valence-corrected chi connectivity index (χ2v) is 9.70. The fourth-order valence-corrected chi connectivity index (χ4v) is 6.25. The maximum Gasteiger partial charge on any atom is 0.160 e. The number of hydrogen-bond donors (Lipinski definition) is 0. The normalized spacial score (nSPS) is 12.3. The van der Waals surface area contributed by atoms with E-state index in [0.717, 1.165) is 60.6 Å². The standard InChI is InChI=1S/C34H19NO2/c1-2-11-23-22(10-1)31-24-12-3-6-14-27(24)35(33(31)34-32(23)25-13-5-8-16-29(25)37-34)20-17-18-30-26(19-20)21-9-4-7-15-28(21)36-30/h1-19H. The van der Waals surface area contributed by atoms with Crippen LogP contribution in [0.15, 0.2) is 124 Å². The van der Waals surface area contributed by atoms with Crippen LogP contribution in [0, 0.1) is 0 Å². The number of hydrogen-bond acceptors (Lipinski definition) is 2. The van der Waals surface area contributed by atoms with Crippen molar-refractivity contribution in [3.05, 3.63) is 115 Å². The molecule has 0 atom stereocenters. The van der Waals surface area contributed by atoms with Crippen molar-refractivity contribution in [2.75, 3.05) is 0 Å². The first-order valence-corrected chi connectivity index (χ1v) is 12.5. The number of furan rings is 2. The van der Waals surface area contributed by atoms with Crippen molar-refractivity contribution in [1.82, 2.24) is 4.57 Å². The van der Waals surface area contributed by atoms with Crippen LogP contribution >= 0.6 is 0 Å². The Balaban J connectivity index is 1.55. The minimum absolute atomic E-state index is 0.894. The Morgan fingerprint density at radius 3 is 1.84 bits per heavy atom. The van der Waals surface area contributed by atoms with Crippen LogP contribution in [0.5, 0.6) is 0 Å². The summed E-state index contributed by atoms with van der Waals surface area (Å²) in [6.07, 6.45) is 0. The number of nitrogens with zero attached hydrogens (tertiary/aromatic N) is 1. The summed E-state index contributed by atoms with van der Waals surface area (Å²) < 4.78 is 15.2. The summed E-state index contributed by atoms with van der Waals surface area (Å²) in [5.41, 5.74) is 6.96. The van der Waals surface area contributed by atoms with E-state index in [1.165, 1.54) is 21.5 Å². The van der Waals surface area contributed by atoms with Crippen LogP contribution < -0.4 is 0 Å². The molecular formula is C34H19NO2. The highest BCUT2D eigenvalue weighted by atomic mass is 16.3. The van der Waals surface area contributed by atoms with Crippen molar-refractivity contribution >= 4 is 76.5 Å². The molecule has 0 saturated heterocycles. The van der Waals surface area contributed by atoms with Crippen LogP contribution in [-0.4, -0.2) is 4.57 Å². The van der Waals surface area contributed by atoms with E-state index in [1.54, 1.807) is 0 Å². The third kappa shape index (κ3) is 2.41. The van der Waals surface area contributed by atoms with Gasteiger partial charge >= 0.3 is 0 Å². The molecule has 6 aromatic carbocycles. The molecule has 3 heteroatoms. The number of benzene rings is 6. The second kappa shape index (κ2) is 6.80. The third-order valence-corrected chi connectivity index (χ3v) is 7.77. The number of rotatable bonds is 1. The molecule has 0 bridgehead atoms. The summed E-state index contributed by atoms with van der Waals surface area (Å²) in [4.78, 5) is 0. The molecule has 9 rings (SSSR count). The molecule has 37 heavy (non-hydrogen) atoms. The van der Waals surface area contributed by atoms with Crippen LogP contribution in [0.1, 0.15) is 0 Å². The average Bonchev–Trinajstić information content (AvgIpc) is 3.62. The molecule has 0 aliphatic carbocycles. The molecule has 172 valence electrons. The van der Waals surface area contributed by atoms with Gasteiger partial charge in [-0.05, 0) is 47.2 Å². The van der Waals surface area contributed by atoms with E-state index in [4.69, 9.17) is 8.83 Å². The van der Waals surface area contributed by atoms with Crippen LogP contribution in [0.4, 0.5) is 0 Å². The van der Waals surface area contributed by atoms with Gasteiger partial charge in [0.15, 0.2) is 5.58 Å². The second-order valence-electron chi connectivity index (χ2n) is 9.70. The van der Waals surface area contributed by atoms with Gasteiger partial charge in [0.1, 0.15) is 16.7 Å². The number of para-hydroxylation sites is 3. The van der Waals surface area contributed by atoms with Gasteiger partial charge in [-0.15, -0.1) is 0 Å². The van der Waals surface area contributed by atoms with Gasteiger partial charge in [0.25, 0.3) is 0 Å². The lowest BCUT2D eigenvalue weighted by Gasteiger charge is -2.09. The van der Waals surface area contributed by atoms with E-state index in [9.17, 15) is 0 Å². The minimum atomic E-state index is 0.894. The Morgan fingerprint density at radius 2 is 1.03 bits per heavy atom. The summed E-state index contributed by atoms with van der Waals surface area (Å²) in [6, 6.07) is 40.4. The maximum absolute atomic E-state index is 6.67. The highest BCUT2D eigenvalue weighted by Gasteiger charge is 2.23. The van der Waals surface area contributed by atoms with Gasteiger partial charge < -0.3 is 13.4 Å². The first-order valence-electron chi connectivity index (χ1n) is 12.5. The predicted molar refractivity (Wildman–Crippen MR) is 153 cm³/mol. The van der Waals surface area contributed by atoms with Crippen molar-refractivity contribution in [2.45, 2.75) is 0 Å². The molecule has 9 aromatic rings. The van der Waals surface area contributed by atoms with Crippen molar-refractivity contribution in [2.24, 2.45) is 0 Å². The molecule has 0 saturated carbocycles. The molecular weight excluding hydrogens is 454 g/mol. The lowest BCUT2D eigenvalue weighted by molar-refractivity contribution is 0.669. The summed E-state index contributed by atoms with van der Waals surface area (Å²) in [5.74, 6) is 0. The quantitative estimate of drug-likeness (QED) is 0.238. The molecule has 0 unspecified atom stereocenters. The molecule has 0 aliphatic heterocycles. The summed E-state index contributed by atoms with van der Waals surface area (Å²) in [5, 5.41) is 9.43. The number of aromatic nitrogens is 1. The van der Waals surface area contributed by atoms with E-state index in [0.29, 0.717) is 0 Å². The van der Waals surface area contributed by atoms with Crippen LogP contribution in [0.2, 0.25) is 0 Å². The smallest absolute Gasteiger partial charge is 0.160 e. The van der Waals surface area contributed by atoms with Gasteiger partial charge in [0.2, 0.25) is 0 Å². The molecule has 0 aliphatic rings. The molecule has 3 aromatic heterocycles. The summed E-state index contributed by atoms with van der Waals surface area (Å²) in [7, 11) is 0. The highest BCUT2D eigenvalue weighted by Crippen LogP contribution is 2.45. The van der Waals surface area contributed by atoms with Crippen molar-refractivity contribution < 1.29 is 8.83 Å². The lowest BCUT2D eigenvalue weighted by atomic mass is 9.99. The Labute approximate surface area is 210 Å². The highest BCUT2D eigenvalue weighted by molar-refractivity contribution is 6.35. The monoisotopic (exact) mass is 473 g/mol. The van der Waals surface area contributed by atoms with Gasteiger partial charge in [-0.1, -0.05) is 78.9 Å². The molecule has 0 fully saturated rings. The SMILES string of the molecule is c1ccc2c(c1)oc1ccc(-n3c4ccccc4c4c5ccccc5c5c6ccccc6oc5c43)cc12.